The molecule has 5 nitrogen and oxygen atoms in total. The van der Waals surface area contributed by atoms with Crippen molar-refractivity contribution >= 4 is 10.8 Å². The van der Waals surface area contributed by atoms with Gasteiger partial charge in [0.1, 0.15) is 0 Å². The van der Waals surface area contributed by atoms with E-state index in [4.69, 9.17) is 18.9 Å². The van der Waals surface area contributed by atoms with Crippen molar-refractivity contribution in [3.8, 4) is 34.3 Å². The summed E-state index contributed by atoms with van der Waals surface area (Å²) in [4.78, 5) is 0. The van der Waals surface area contributed by atoms with Gasteiger partial charge in [0, 0.05) is 18.4 Å². The quantitative estimate of drug-likeness (QED) is 0.609. The lowest BCUT2D eigenvalue weighted by atomic mass is 9.93. The zero-order valence-electron chi connectivity index (χ0n) is 17.4. The molecule has 2 heterocycles. The van der Waals surface area contributed by atoms with E-state index >= 15 is 0 Å². The number of benzene rings is 2. The Kier molecular flexibility index (Phi) is 4.26. The van der Waals surface area contributed by atoms with Gasteiger partial charge in [0.25, 0.3) is 0 Å². The van der Waals surface area contributed by atoms with Crippen LogP contribution in [0.4, 0.5) is 0 Å². The van der Waals surface area contributed by atoms with Crippen LogP contribution in [0.15, 0.2) is 30.3 Å². The van der Waals surface area contributed by atoms with E-state index in [9.17, 15) is 0 Å². The summed E-state index contributed by atoms with van der Waals surface area (Å²) in [6.07, 6.45) is 3.46. The van der Waals surface area contributed by atoms with E-state index in [-0.39, 0.29) is 0 Å². The molecule has 1 saturated carbocycles. The summed E-state index contributed by atoms with van der Waals surface area (Å²) in [5.41, 5.74) is 5.16. The molecular formula is C24H26NO4+. The van der Waals surface area contributed by atoms with Crippen LogP contribution in [-0.2, 0) is 13.0 Å². The van der Waals surface area contributed by atoms with Crippen molar-refractivity contribution in [3.05, 3.63) is 41.6 Å². The number of fused-ring (bicyclic) bond motifs is 4. The summed E-state index contributed by atoms with van der Waals surface area (Å²) < 4.78 is 24.8. The third-order valence-electron chi connectivity index (χ3n) is 6.16. The first-order chi connectivity index (χ1) is 14.2. The van der Waals surface area contributed by atoms with Crippen molar-refractivity contribution in [2.75, 3.05) is 28.4 Å². The second kappa shape index (κ2) is 6.83. The van der Waals surface area contributed by atoms with Crippen molar-refractivity contribution in [1.29, 1.82) is 0 Å². The molecule has 150 valence electrons. The normalized spacial score (nSPS) is 14.9. The van der Waals surface area contributed by atoms with E-state index in [0.29, 0.717) is 5.92 Å². The maximum absolute atomic E-state index is 5.59. The Labute approximate surface area is 170 Å². The van der Waals surface area contributed by atoms with Gasteiger partial charge in [-0.15, -0.1) is 0 Å². The average molecular weight is 392 g/mol. The van der Waals surface area contributed by atoms with Gasteiger partial charge in [-0.2, -0.15) is 4.57 Å². The molecule has 0 N–H and O–H groups in total. The lowest BCUT2D eigenvalue weighted by Crippen LogP contribution is -2.44. The summed E-state index contributed by atoms with van der Waals surface area (Å²) in [6.45, 7) is 0.966. The molecule has 3 aromatic rings. The van der Waals surface area contributed by atoms with Crippen LogP contribution in [-0.4, -0.2) is 28.4 Å². The van der Waals surface area contributed by atoms with Gasteiger partial charge in [-0.3, -0.25) is 0 Å². The minimum absolute atomic E-state index is 0.609. The topological polar surface area (TPSA) is 40.8 Å². The SMILES string of the molecule is COc1cc2c(cc1OC)-c1cc3cc(OC)c(OC)cc3c(C3CC3)[n+]1CC2. The predicted molar refractivity (Wildman–Crippen MR) is 111 cm³/mol. The van der Waals surface area contributed by atoms with E-state index in [1.807, 2.05) is 0 Å². The van der Waals surface area contributed by atoms with Crippen LogP contribution in [0.1, 0.15) is 30.0 Å². The lowest BCUT2D eigenvalue weighted by molar-refractivity contribution is -0.693. The molecule has 1 aliphatic heterocycles. The van der Waals surface area contributed by atoms with Gasteiger partial charge in [-0.1, -0.05) is 0 Å². The molecule has 2 aliphatic rings. The fourth-order valence-corrected chi connectivity index (χ4v) is 4.60. The Morgan fingerprint density at radius 1 is 0.759 bits per heavy atom. The molecule has 0 bridgehead atoms. The third-order valence-corrected chi connectivity index (χ3v) is 6.16. The highest BCUT2D eigenvalue weighted by Crippen LogP contribution is 2.46. The number of rotatable bonds is 5. The number of nitrogens with zero attached hydrogens (tertiary/aromatic N) is 1. The van der Waals surface area contributed by atoms with Crippen LogP contribution in [0.5, 0.6) is 23.0 Å². The molecule has 0 saturated heterocycles. The number of aryl methyl sites for hydroxylation is 1. The standard InChI is InChI=1S/C24H26NO4/c1-26-20-10-15-7-8-25-19(17(15)12-22(20)28-3)9-16-11-21(27-2)23(29-4)13-18(16)24(25)14-5-6-14/h9-14H,5-8H2,1-4H3/q+1. The monoisotopic (exact) mass is 392 g/mol. The molecule has 1 aromatic heterocycles. The summed E-state index contributed by atoms with van der Waals surface area (Å²) in [6, 6.07) is 10.7. The number of methoxy groups -OCH3 is 4. The first-order valence-electron chi connectivity index (χ1n) is 10.1. The fraction of sp³-hybridized carbons (Fsp3) is 0.375. The number of pyridine rings is 1. The zero-order valence-corrected chi connectivity index (χ0v) is 17.4. The van der Waals surface area contributed by atoms with Gasteiger partial charge in [-0.25, -0.2) is 0 Å². The van der Waals surface area contributed by atoms with Crippen LogP contribution in [0.25, 0.3) is 22.0 Å². The highest BCUT2D eigenvalue weighted by atomic mass is 16.5. The van der Waals surface area contributed by atoms with E-state index in [2.05, 4.69) is 34.9 Å². The molecule has 5 rings (SSSR count). The Hall–Kier alpha value is -2.95. The second-order valence-corrected chi connectivity index (χ2v) is 7.75. The van der Waals surface area contributed by atoms with Crippen LogP contribution in [0, 0.1) is 0 Å². The first-order valence-corrected chi connectivity index (χ1v) is 10.1. The highest BCUT2D eigenvalue weighted by molar-refractivity contribution is 5.90. The molecule has 0 unspecified atom stereocenters. The van der Waals surface area contributed by atoms with Gasteiger partial charge in [0.15, 0.2) is 35.2 Å². The van der Waals surface area contributed by atoms with Crippen molar-refractivity contribution < 1.29 is 23.5 Å². The summed E-state index contributed by atoms with van der Waals surface area (Å²) >= 11 is 0. The van der Waals surface area contributed by atoms with Crippen molar-refractivity contribution in [1.82, 2.24) is 0 Å². The van der Waals surface area contributed by atoms with Crippen LogP contribution < -0.4 is 23.5 Å². The van der Waals surface area contributed by atoms with Gasteiger partial charge in [0.05, 0.1) is 39.4 Å². The van der Waals surface area contributed by atoms with Crippen molar-refractivity contribution in [2.24, 2.45) is 0 Å². The van der Waals surface area contributed by atoms with Crippen LogP contribution >= 0.6 is 0 Å². The molecule has 0 atom stereocenters. The van der Waals surface area contributed by atoms with Crippen LogP contribution in [0.2, 0.25) is 0 Å². The average Bonchev–Trinajstić information content (AvgIpc) is 3.60. The Balaban J connectivity index is 1.81. The van der Waals surface area contributed by atoms with Crippen molar-refractivity contribution in [3.63, 3.8) is 0 Å². The summed E-state index contributed by atoms with van der Waals surface area (Å²) in [5.74, 6) is 3.70. The highest BCUT2D eigenvalue weighted by Gasteiger charge is 2.38. The first kappa shape index (κ1) is 18.1. The largest absolute Gasteiger partial charge is 0.493 e. The molecule has 5 heteroatoms. The fourth-order valence-electron chi connectivity index (χ4n) is 4.60. The number of hydrogen-bond donors (Lipinski definition) is 0. The molecule has 1 fully saturated rings. The molecule has 0 spiro atoms. The van der Waals surface area contributed by atoms with E-state index < -0.39 is 0 Å². The maximum Gasteiger partial charge on any atom is 0.213 e. The molecule has 0 radical (unpaired) electrons. The minimum atomic E-state index is 0.609. The van der Waals surface area contributed by atoms with E-state index in [1.54, 1.807) is 28.4 Å². The Bertz CT molecular complexity index is 1120. The predicted octanol–water partition coefficient (Wildman–Crippen LogP) is 4.26. The third kappa shape index (κ3) is 2.79. The molecule has 1 aliphatic carbocycles. The second-order valence-electron chi connectivity index (χ2n) is 7.75. The summed E-state index contributed by atoms with van der Waals surface area (Å²) in [7, 11) is 6.76. The number of hydrogen-bond acceptors (Lipinski definition) is 4. The molecular weight excluding hydrogens is 366 g/mol. The number of ether oxygens (including phenoxy) is 4. The Morgan fingerprint density at radius 3 is 2.03 bits per heavy atom. The van der Waals surface area contributed by atoms with Crippen LogP contribution in [0.3, 0.4) is 0 Å². The van der Waals surface area contributed by atoms with Gasteiger partial charge in [-0.05, 0) is 48.1 Å². The van der Waals surface area contributed by atoms with Gasteiger partial charge >= 0.3 is 0 Å². The molecule has 0 amide bonds. The van der Waals surface area contributed by atoms with Crippen molar-refractivity contribution in [2.45, 2.75) is 31.7 Å². The van der Waals surface area contributed by atoms with E-state index in [1.165, 1.54) is 46.1 Å². The summed E-state index contributed by atoms with van der Waals surface area (Å²) in [5, 5.41) is 2.44. The smallest absolute Gasteiger partial charge is 0.213 e. The van der Waals surface area contributed by atoms with Gasteiger partial charge < -0.3 is 18.9 Å². The Morgan fingerprint density at radius 2 is 1.38 bits per heavy atom. The zero-order chi connectivity index (χ0) is 20.1. The number of aromatic nitrogens is 1. The molecule has 2 aromatic carbocycles. The van der Waals surface area contributed by atoms with E-state index in [0.717, 1.165) is 36.0 Å². The van der Waals surface area contributed by atoms with Gasteiger partial charge in [0.2, 0.25) is 5.69 Å². The molecule has 29 heavy (non-hydrogen) atoms. The lowest BCUT2D eigenvalue weighted by Gasteiger charge is -2.21. The minimum Gasteiger partial charge on any atom is -0.493 e. The maximum atomic E-state index is 5.59.